The van der Waals surface area contributed by atoms with E-state index in [-0.39, 0.29) is 24.3 Å². The van der Waals surface area contributed by atoms with Gasteiger partial charge in [0.25, 0.3) is 11.8 Å². The number of amides is 2. The number of likely N-dealkylation sites (tertiary alicyclic amines) is 1. The zero-order valence-electron chi connectivity index (χ0n) is 16.6. The van der Waals surface area contributed by atoms with Crippen molar-refractivity contribution < 1.29 is 14.0 Å². The Labute approximate surface area is 176 Å². The van der Waals surface area contributed by atoms with E-state index in [0.717, 1.165) is 5.56 Å². The quantitative estimate of drug-likeness (QED) is 0.547. The third-order valence-corrected chi connectivity index (χ3v) is 5.25. The fourth-order valence-corrected chi connectivity index (χ4v) is 3.45. The van der Waals surface area contributed by atoms with Gasteiger partial charge in [-0.15, -0.1) is 5.10 Å². The Morgan fingerprint density at radius 2 is 1.97 bits per heavy atom. The van der Waals surface area contributed by atoms with Gasteiger partial charge in [0.2, 0.25) is 0 Å². The van der Waals surface area contributed by atoms with Crippen LogP contribution in [0.3, 0.4) is 0 Å². The van der Waals surface area contributed by atoms with Crippen molar-refractivity contribution in [3.8, 4) is 11.4 Å². The molecule has 1 N–H and O–H groups in total. The van der Waals surface area contributed by atoms with Gasteiger partial charge in [-0.3, -0.25) is 14.7 Å². The molecule has 1 fully saturated rings. The molecule has 0 bridgehead atoms. The summed E-state index contributed by atoms with van der Waals surface area (Å²) in [5, 5.41) is 10.9. The van der Waals surface area contributed by atoms with E-state index in [1.165, 1.54) is 16.0 Å². The van der Waals surface area contributed by atoms with Crippen LogP contribution in [0.4, 0.5) is 10.1 Å². The van der Waals surface area contributed by atoms with Crippen LogP contribution in [0.1, 0.15) is 20.8 Å². The Morgan fingerprint density at radius 1 is 1.19 bits per heavy atom. The number of carbonyl (C=O) groups is 2. The molecule has 5 rings (SSSR count). The van der Waals surface area contributed by atoms with E-state index >= 15 is 0 Å². The molecule has 0 unspecified atom stereocenters. The number of benzene rings is 1. The highest BCUT2D eigenvalue weighted by atomic mass is 19.1. The molecule has 1 aliphatic rings. The SMILES string of the molecule is CN(C(=O)c1[nH]ncc1C(=O)N1CC(F)C1)c1ccn2nc(-c3ccccc3)nc2c1. The van der Waals surface area contributed by atoms with Gasteiger partial charge in [-0.1, -0.05) is 30.3 Å². The maximum absolute atomic E-state index is 13.1. The average molecular weight is 419 g/mol. The number of nitrogens with zero attached hydrogens (tertiary/aromatic N) is 6. The summed E-state index contributed by atoms with van der Waals surface area (Å²) in [4.78, 5) is 32.9. The molecule has 0 spiro atoms. The van der Waals surface area contributed by atoms with Crippen molar-refractivity contribution in [3.05, 3.63) is 66.1 Å². The second-order valence-corrected chi connectivity index (χ2v) is 7.32. The summed E-state index contributed by atoms with van der Waals surface area (Å²) in [6, 6.07) is 13.1. The van der Waals surface area contributed by atoms with Crippen LogP contribution in [0.15, 0.2) is 54.9 Å². The van der Waals surface area contributed by atoms with Gasteiger partial charge in [-0.05, 0) is 6.07 Å². The summed E-state index contributed by atoms with van der Waals surface area (Å²) < 4.78 is 14.7. The van der Waals surface area contributed by atoms with Crippen LogP contribution in [0.25, 0.3) is 17.0 Å². The molecule has 1 aromatic carbocycles. The van der Waals surface area contributed by atoms with Gasteiger partial charge >= 0.3 is 0 Å². The van der Waals surface area contributed by atoms with Crippen LogP contribution in [-0.2, 0) is 0 Å². The summed E-state index contributed by atoms with van der Waals surface area (Å²) in [6.07, 6.45) is 1.99. The summed E-state index contributed by atoms with van der Waals surface area (Å²) in [5.41, 5.74) is 2.22. The molecule has 3 aromatic heterocycles. The Kier molecular flexibility index (Phi) is 4.46. The summed E-state index contributed by atoms with van der Waals surface area (Å²) in [6.45, 7) is 0.0571. The van der Waals surface area contributed by atoms with Gasteiger partial charge in [-0.25, -0.2) is 13.9 Å². The second kappa shape index (κ2) is 7.31. The van der Waals surface area contributed by atoms with Crippen molar-refractivity contribution in [1.29, 1.82) is 0 Å². The standard InChI is InChI=1S/C21H18FN7O2/c1-27(21(31)18-16(10-23-25-18)20(30)28-11-14(22)12-28)15-7-8-29-17(9-15)24-19(26-29)13-5-3-2-4-6-13/h2-10,14H,11-12H2,1H3,(H,23,25). The van der Waals surface area contributed by atoms with Crippen molar-refractivity contribution in [3.63, 3.8) is 0 Å². The van der Waals surface area contributed by atoms with E-state index in [9.17, 15) is 14.0 Å². The van der Waals surface area contributed by atoms with Gasteiger partial charge in [0, 0.05) is 30.6 Å². The van der Waals surface area contributed by atoms with E-state index in [4.69, 9.17) is 0 Å². The minimum atomic E-state index is -1.02. The third kappa shape index (κ3) is 3.31. The van der Waals surface area contributed by atoms with Crippen LogP contribution in [0, 0.1) is 0 Å². The van der Waals surface area contributed by atoms with Gasteiger partial charge in [0.15, 0.2) is 11.5 Å². The van der Waals surface area contributed by atoms with Gasteiger partial charge in [0.05, 0.1) is 24.8 Å². The van der Waals surface area contributed by atoms with Crippen LogP contribution in [-0.4, -0.2) is 67.8 Å². The number of H-pyrrole nitrogens is 1. The summed E-state index contributed by atoms with van der Waals surface area (Å²) in [7, 11) is 1.60. The number of alkyl halides is 1. The maximum Gasteiger partial charge on any atom is 0.276 e. The molecule has 0 radical (unpaired) electrons. The predicted molar refractivity (Wildman–Crippen MR) is 111 cm³/mol. The van der Waals surface area contributed by atoms with Crippen LogP contribution in [0.2, 0.25) is 0 Å². The molecule has 9 nitrogen and oxygen atoms in total. The smallest absolute Gasteiger partial charge is 0.276 e. The van der Waals surface area contributed by atoms with Crippen molar-refractivity contribution in [1.82, 2.24) is 29.7 Å². The van der Waals surface area contributed by atoms with Gasteiger partial charge in [0.1, 0.15) is 11.9 Å². The highest BCUT2D eigenvalue weighted by molar-refractivity contribution is 6.11. The van der Waals surface area contributed by atoms with E-state index in [2.05, 4.69) is 20.3 Å². The number of hydrogen-bond acceptors (Lipinski definition) is 5. The average Bonchev–Trinajstić information content (AvgIpc) is 3.42. The number of nitrogens with one attached hydrogen (secondary N) is 1. The molecule has 31 heavy (non-hydrogen) atoms. The lowest BCUT2D eigenvalue weighted by molar-refractivity contribution is 0.0398. The third-order valence-electron chi connectivity index (χ3n) is 5.25. The number of carbonyl (C=O) groups excluding carboxylic acids is 2. The number of aromatic nitrogens is 5. The number of anilines is 1. The van der Waals surface area contributed by atoms with Crippen LogP contribution < -0.4 is 4.90 Å². The topological polar surface area (TPSA) is 99.5 Å². The molecule has 156 valence electrons. The van der Waals surface area contributed by atoms with Crippen LogP contribution >= 0.6 is 0 Å². The first-order chi connectivity index (χ1) is 15.0. The van der Waals surface area contributed by atoms with E-state index in [1.807, 2.05) is 30.3 Å². The molecule has 2 amide bonds. The summed E-state index contributed by atoms with van der Waals surface area (Å²) >= 11 is 0. The molecular weight excluding hydrogens is 401 g/mol. The first-order valence-corrected chi connectivity index (χ1v) is 9.68. The fourth-order valence-electron chi connectivity index (χ4n) is 3.45. The van der Waals surface area contributed by atoms with E-state index < -0.39 is 18.0 Å². The van der Waals surface area contributed by atoms with E-state index in [1.54, 1.807) is 29.9 Å². The minimum Gasteiger partial charge on any atom is -0.333 e. The normalized spacial score (nSPS) is 13.9. The Bertz CT molecular complexity index is 1280. The number of halogens is 1. The molecule has 0 saturated carbocycles. The second-order valence-electron chi connectivity index (χ2n) is 7.32. The first-order valence-electron chi connectivity index (χ1n) is 9.68. The lowest BCUT2D eigenvalue weighted by atomic mass is 10.1. The first kappa shape index (κ1) is 18.9. The number of pyridine rings is 1. The van der Waals surface area contributed by atoms with Crippen molar-refractivity contribution in [2.24, 2.45) is 0 Å². The van der Waals surface area contributed by atoms with Crippen molar-refractivity contribution >= 4 is 23.1 Å². The Balaban J connectivity index is 1.41. The van der Waals surface area contributed by atoms with E-state index in [0.29, 0.717) is 17.2 Å². The largest absolute Gasteiger partial charge is 0.333 e. The monoisotopic (exact) mass is 419 g/mol. The number of rotatable bonds is 4. The highest BCUT2D eigenvalue weighted by Gasteiger charge is 2.34. The zero-order valence-corrected chi connectivity index (χ0v) is 16.6. The van der Waals surface area contributed by atoms with Gasteiger partial charge < -0.3 is 9.80 Å². The van der Waals surface area contributed by atoms with Gasteiger partial charge in [-0.2, -0.15) is 5.10 Å². The Morgan fingerprint density at radius 3 is 2.71 bits per heavy atom. The Hall–Kier alpha value is -4.08. The molecule has 0 atom stereocenters. The lowest BCUT2D eigenvalue weighted by Crippen LogP contribution is -2.51. The molecule has 0 aliphatic carbocycles. The van der Waals surface area contributed by atoms with Crippen molar-refractivity contribution in [2.75, 3.05) is 25.0 Å². The fraction of sp³-hybridized carbons (Fsp3) is 0.190. The number of fused-ring (bicyclic) bond motifs is 1. The number of aromatic amines is 1. The maximum atomic E-state index is 13.1. The molecule has 4 aromatic rings. The minimum absolute atomic E-state index is 0.0286. The molecule has 1 saturated heterocycles. The molecule has 4 heterocycles. The summed E-state index contributed by atoms with van der Waals surface area (Å²) in [5.74, 6) is -0.279. The van der Waals surface area contributed by atoms with Crippen LogP contribution in [0.5, 0.6) is 0 Å². The predicted octanol–water partition coefficient (Wildman–Crippen LogP) is 2.19. The zero-order chi connectivity index (χ0) is 21.5. The molecule has 1 aliphatic heterocycles. The molecular formula is C21H18FN7O2. The highest BCUT2D eigenvalue weighted by Crippen LogP contribution is 2.22. The lowest BCUT2D eigenvalue weighted by Gasteiger charge is -2.34. The molecule has 10 heteroatoms. The van der Waals surface area contributed by atoms with Crippen molar-refractivity contribution in [2.45, 2.75) is 6.17 Å². The number of hydrogen-bond donors (Lipinski definition) is 1.